The van der Waals surface area contributed by atoms with Crippen LogP contribution in [0, 0.1) is 0 Å². The van der Waals surface area contributed by atoms with Crippen LogP contribution in [0.4, 0.5) is 5.82 Å². The summed E-state index contributed by atoms with van der Waals surface area (Å²) in [5, 5.41) is 12.2. The summed E-state index contributed by atoms with van der Waals surface area (Å²) in [6, 6.07) is 4.21. The van der Waals surface area contributed by atoms with Gasteiger partial charge >= 0.3 is 0 Å². The molecule has 11 heteroatoms. The second kappa shape index (κ2) is 8.82. The number of carbonyl (C=O) groups excluding carboxylic acids is 3. The first-order valence-electron chi connectivity index (χ1n) is 12.1. The number of hydrogen-bond donors (Lipinski definition) is 2. The van der Waals surface area contributed by atoms with Crippen molar-refractivity contribution in [2.75, 3.05) is 18.4 Å². The van der Waals surface area contributed by atoms with E-state index in [9.17, 15) is 14.4 Å². The molecule has 3 fully saturated rings. The zero-order valence-electron chi connectivity index (χ0n) is 20.0. The van der Waals surface area contributed by atoms with Gasteiger partial charge in [0, 0.05) is 47.3 Å². The van der Waals surface area contributed by atoms with Crippen LogP contribution in [0.2, 0.25) is 0 Å². The predicted octanol–water partition coefficient (Wildman–Crippen LogP) is 2.71. The molecule has 1 saturated carbocycles. The van der Waals surface area contributed by atoms with Crippen molar-refractivity contribution in [2.24, 2.45) is 0 Å². The maximum Gasteiger partial charge on any atom is 0.264 e. The highest BCUT2D eigenvalue weighted by Crippen LogP contribution is 2.32. The van der Waals surface area contributed by atoms with Gasteiger partial charge in [-0.15, -0.1) is 11.3 Å². The molecule has 36 heavy (non-hydrogen) atoms. The summed E-state index contributed by atoms with van der Waals surface area (Å²) in [6.45, 7) is 5.10. The highest BCUT2D eigenvalue weighted by Gasteiger charge is 2.29. The van der Waals surface area contributed by atoms with Gasteiger partial charge in [-0.25, -0.2) is 4.98 Å². The number of anilines is 1. The third kappa shape index (κ3) is 4.40. The van der Waals surface area contributed by atoms with E-state index >= 15 is 0 Å². The molecule has 2 saturated heterocycles. The van der Waals surface area contributed by atoms with Gasteiger partial charge in [-0.2, -0.15) is 9.61 Å². The van der Waals surface area contributed by atoms with Crippen LogP contribution in [0.3, 0.4) is 0 Å². The van der Waals surface area contributed by atoms with Crippen LogP contribution in [-0.2, 0) is 14.3 Å². The fourth-order valence-electron chi connectivity index (χ4n) is 4.66. The SMILES string of the molecule is CC1CN(C(=O)c2cc(-c3cc(NC4CC4)n4ncc(/C=C5\CC(=O)NC5=O)c4n3)cs2)CC(C)O1. The fourth-order valence-corrected chi connectivity index (χ4v) is 5.53. The Balaban J connectivity index is 1.36. The number of amides is 3. The summed E-state index contributed by atoms with van der Waals surface area (Å²) >= 11 is 1.40. The van der Waals surface area contributed by atoms with Gasteiger partial charge in [-0.05, 0) is 38.8 Å². The van der Waals surface area contributed by atoms with Gasteiger partial charge in [0.2, 0.25) is 5.91 Å². The van der Waals surface area contributed by atoms with E-state index in [0.717, 1.165) is 24.2 Å². The Labute approximate surface area is 211 Å². The van der Waals surface area contributed by atoms with Crippen molar-refractivity contribution < 1.29 is 19.1 Å². The van der Waals surface area contributed by atoms with Gasteiger partial charge in [0.25, 0.3) is 11.8 Å². The fraction of sp³-hybridized carbons (Fsp3) is 0.400. The van der Waals surface area contributed by atoms with Crippen molar-refractivity contribution in [3.63, 3.8) is 0 Å². The summed E-state index contributed by atoms with van der Waals surface area (Å²) < 4.78 is 7.49. The van der Waals surface area contributed by atoms with Gasteiger partial charge in [0.1, 0.15) is 5.82 Å². The first-order chi connectivity index (χ1) is 17.3. The van der Waals surface area contributed by atoms with Crippen LogP contribution < -0.4 is 10.6 Å². The quantitative estimate of drug-likeness (QED) is 0.404. The molecule has 5 heterocycles. The van der Waals surface area contributed by atoms with E-state index in [4.69, 9.17) is 9.72 Å². The number of rotatable bonds is 5. The molecule has 0 spiro atoms. The highest BCUT2D eigenvalue weighted by molar-refractivity contribution is 7.12. The number of ether oxygens (including phenoxy) is 1. The average Bonchev–Trinajstić information content (AvgIpc) is 3.22. The summed E-state index contributed by atoms with van der Waals surface area (Å²) in [7, 11) is 0. The zero-order valence-corrected chi connectivity index (χ0v) is 20.8. The topological polar surface area (TPSA) is 118 Å². The van der Waals surface area contributed by atoms with Crippen molar-refractivity contribution in [1.29, 1.82) is 0 Å². The molecule has 0 bridgehead atoms. The van der Waals surface area contributed by atoms with Crippen LogP contribution in [0.25, 0.3) is 23.0 Å². The first-order valence-corrected chi connectivity index (χ1v) is 13.0. The number of thiophene rings is 1. The molecule has 2 aliphatic heterocycles. The Morgan fingerprint density at radius 2 is 2.00 bits per heavy atom. The lowest BCUT2D eigenvalue weighted by Gasteiger charge is -2.35. The number of hydrogen-bond acceptors (Lipinski definition) is 8. The van der Waals surface area contributed by atoms with E-state index < -0.39 is 0 Å². The predicted molar refractivity (Wildman–Crippen MR) is 135 cm³/mol. The maximum absolute atomic E-state index is 13.2. The third-order valence-corrected chi connectivity index (χ3v) is 7.38. The second-order valence-corrected chi connectivity index (χ2v) is 10.6. The number of carbonyl (C=O) groups is 3. The van der Waals surface area contributed by atoms with Gasteiger partial charge in [0.15, 0.2) is 5.65 Å². The molecule has 3 aromatic heterocycles. The molecular weight excluding hydrogens is 480 g/mol. The Bertz CT molecular complexity index is 1410. The van der Waals surface area contributed by atoms with E-state index in [1.807, 2.05) is 36.3 Å². The molecule has 186 valence electrons. The minimum absolute atomic E-state index is 0.00246. The Morgan fingerprint density at radius 1 is 1.22 bits per heavy atom. The largest absolute Gasteiger partial charge is 0.372 e. The van der Waals surface area contributed by atoms with Crippen LogP contribution in [0.5, 0.6) is 0 Å². The number of morpholine rings is 1. The molecule has 2 N–H and O–H groups in total. The van der Waals surface area contributed by atoms with Crippen molar-refractivity contribution in [3.05, 3.63) is 39.7 Å². The second-order valence-electron chi connectivity index (χ2n) is 9.67. The smallest absolute Gasteiger partial charge is 0.264 e. The maximum atomic E-state index is 13.2. The van der Waals surface area contributed by atoms with Crippen LogP contribution in [-0.4, -0.2) is 68.6 Å². The molecular formula is C25H26N6O4S. The Hall–Kier alpha value is -3.57. The molecule has 2 atom stereocenters. The minimum Gasteiger partial charge on any atom is -0.372 e. The number of nitrogens with zero attached hydrogens (tertiary/aromatic N) is 4. The molecule has 3 aliphatic rings. The number of fused-ring (bicyclic) bond motifs is 1. The number of nitrogens with one attached hydrogen (secondary N) is 2. The molecule has 0 radical (unpaired) electrons. The lowest BCUT2D eigenvalue weighted by Crippen LogP contribution is -2.48. The lowest BCUT2D eigenvalue weighted by molar-refractivity contribution is -0.124. The highest BCUT2D eigenvalue weighted by atomic mass is 32.1. The molecule has 6 rings (SSSR count). The summed E-state index contributed by atoms with van der Waals surface area (Å²) in [5.41, 5.74) is 3.16. The van der Waals surface area contributed by atoms with Gasteiger partial charge in [-0.1, -0.05) is 0 Å². The molecule has 1 aliphatic carbocycles. The molecule has 0 aromatic carbocycles. The summed E-state index contributed by atoms with van der Waals surface area (Å²) in [5.74, 6) is 0.0907. The first kappa shape index (κ1) is 22.9. The van der Waals surface area contributed by atoms with Gasteiger partial charge in [0.05, 0.1) is 35.4 Å². The number of aromatic nitrogens is 3. The van der Waals surface area contributed by atoms with E-state index in [1.165, 1.54) is 11.3 Å². The van der Waals surface area contributed by atoms with Crippen LogP contribution >= 0.6 is 11.3 Å². The third-order valence-electron chi connectivity index (χ3n) is 6.47. The lowest BCUT2D eigenvalue weighted by atomic mass is 10.1. The van der Waals surface area contributed by atoms with Crippen molar-refractivity contribution in [3.8, 4) is 11.3 Å². The van der Waals surface area contributed by atoms with Crippen LogP contribution in [0.1, 0.15) is 48.3 Å². The normalized spacial score (nSPS) is 23.5. The van der Waals surface area contributed by atoms with E-state index in [2.05, 4.69) is 15.7 Å². The summed E-state index contributed by atoms with van der Waals surface area (Å²) in [6.07, 6.45) is 5.55. The van der Waals surface area contributed by atoms with Crippen LogP contribution in [0.15, 0.2) is 29.3 Å². The Kier molecular flexibility index (Phi) is 5.60. The monoisotopic (exact) mass is 506 g/mol. The van der Waals surface area contributed by atoms with E-state index in [-0.39, 0.29) is 36.4 Å². The van der Waals surface area contributed by atoms with E-state index in [0.29, 0.717) is 46.5 Å². The standard InChI is InChI=1S/C25H26N6O4S/c1-13-10-30(11-14(2)35-13)25(34)20-6-17(12-36-20)19-8-21(27-18-3-4-18)31-23(28-19)16(9-26-31)5-15-7-22(32)29-24(15)33/h5-6,8-9,12-14,18,27H,3-4,7,10-11H2,1-2H3,(H,29,32,33)/b15-5+. The van der Waals surface area contributed by atoms with Crippen molar-refractivity contribution in [1.82, 2.24) is 24.8 Å². The summed E-state index contributed by atoms with van der Waals surface area (Å²) in [4.78, 5) is 44.3. The van der Waals surface area contributed by atoms with Crippen molar-refractivity contribution in [2.45, 2.75) is 51.4 Å². The zero-order chi connectivity index (χ0) is 25.0. The number of imide groups is 1. The molecule has 10 nitrogen and oxygen atoms in total. The molecule has 3 aromatic rings. The van der Waals surface area contributed by atoms with E-state index in [1.54, 1.807) is 16.8 Å². The van der Waals surface area contributed by atoms with Gasteiger partial charge in [-0.3, -0.25) is 19.7 Å². The minimum atomic E-state index is -0.389. The average molecular weight is 507 g/mol. The molecule has 2 unspecified atom stereocenters. The van der Waals surface area contributed by atoms with Crippen molar-refractivity contribution >= 4 is 46.6 Å². The Morgan fingerprint density at radius 3 is 2.69 bits per heavy atom. The van der Waals surface area contributed by atoms with Gasteiger partial charge < -0.3 is 15.0 Å². The molecule has 3 amide bonds.